The Balaban J connectivity index is 1.56. The van der Waals surface area contributed by atoms with Gasteiger partial charge in [-0.2, -0.15) is 0 Å². The quantitative estimate of drug-likeness (QED) is 0.189. The van der Waals surface area contributed by atoms with Crippen LogP contribution in [-0.4, -0.2) is 79.9 Å². The van der Waals surface area contributed by atoms with Crippen LogP contribution in [0.25, 0.3) is 22.1 Å². The van der Waals surface area contributed by atoms with Crippen LogP contribution in [0.15, 0.2) is 57.9 Å². The minimum atomic E-state index is -1.85. The molecule has 190 valence electrons. The van der Waals surface area contributed by atoms with Crippen LogP contribution in [0.3, 0.4) is 0 Å². The lowest BCUT2D eigenvalue weighted by molar-refractivity contribution is -0.287. The Bertz CT molecular complexity index is 1330. The lowest BCUT2D eigenvalue weighted by Crippen LogP contribution is -2.58. The number of aliphatic carboxylic acids is 1. The van der Waals surface area contributed by atoms with E-state index in [-0.39, 0.29) is 27.8 Å². The second-order valence-corrected chi connectivity index (χ2v) is 8.22. The Morgan fingerprint density at radius 1 is 0.972 bits per heavy atom. The maximum Gasteiger partial charge on any atom is 0.324 e. The summed E-state index contributed by atoms with van der Waals surface area (Å²) in [5.74, 6) is -4.62. The molecule has 36 heavy (non-hydrogen) atoms. The van der Waals surface area contributed by atoms with Crippen molar-refractivity contribution in [2.24, 2.45) is 0 Å². The van der Waals surface area contributed by atoms with Crippen LogP contribution in [-0.2, 0) is 19.1 Å². The van der Waals surface area contributed by atoms with Gasteiger partial charge < -0.3 is 44.5 Å². The first-order valence-electron chi connectivity index (χ1n) is 10.7. The van der Waals surface area contributed by atoms with Crippen LogP contribution in [0, 0.1) is 0 Å². The highest BCUT2D eigenvalue weighted by Gasteiger charge is 2.44. The van der Waals surface area contributed by atoms with Crippen molar-refractivity contribution in [3.8, 4) is 16.9 Å². The van der Waals surface area contributed by atoms with E-state index >= 15 is 0 Å². The summed E-state index contributed by atoms with van der Waals surface area (Å²) in [6, 6.07) is 9.67. The van der Waals surface area contributed by atoms with Gasteiger partial charge in [0.2, 0.25) is 0 Å². The fourth-order valence-electron chi connectivity index (χ4n) is 3.86. The molecule has 1 saturated heterocycles. The molecular formula is C24H22O12. The number of carbonyl (C=O) groups excluding carboxylic acids is 1. The van der Waals surface area contributed by atoms with Crippen molar-refractivity contribution in [2.75, 3.05) is 6.61 Å². The summed E-state index contributed by atoms with van der Waals surface area (Å²) in [7, 11) is 0. The molecule has 3 aromatic rings. The van der Waals surface area contributed by atoms with E-state index in [1.807, 2.05) is 0 Å². The first kappa shape index (κ1) is 25.3. The Morgan fingerprint density at radius 2 is 1.67 bits per heavy atom. The number of carboxylic acid groups (broad SMARTS) is 1. The Hall–Kier alpha value is -3.81. The number of carboxylic acids is 1. The topological polar surface area (TPSA) is 204 Å². The van der Waals surface area contributed by atoms with E-state index in [0.29, 0.717) is 5.56 Å². The molecule has 6 N–H and O–H groups in total. The Morgan fingerprint density at radius 3 is 2.33 bits per heavy atom. The summed E-state index contributed by atoms with van der Waals surface area (Å²) in [5.41, 5.74) is 0.261. The third-order valence-electron chi connectivity index (χ3n) is 5.87. The van der Waals surface area contributed by atoms with Crippen LogP contribution in [0.5, 0.6) is 5.75 Å². The number of phenols is 1. The highest BCUT2D eigenvalue weighted by atomic mass is 16.6. The van der Waals surface area contributed by atoms with Crippen molar-refractivity contribution in [2.45, 2.75) is 36.6 Å². The van der Waals surface area contributed by atoms with E-state index in [1.54, 1.807) is 0 Å². The van der Waals surface area contributed by atoms with Gasteiger partial charge in [-0.3, -0.25) is 14.4 Å². The van der Waals surface area contributed by atoms with E-state index in [1.165, 1.54) is 48.7 Å². The number of rotatable bonds is 6. The number of fused-ring (bicyclic) bond motifs is 1. The lowest BCUT2D eigenvalue weighted by atomic mass is 9.97. The normalized spacial score (nSPS) is 24.8. The Kier molecular flexibility index (Phi) is 7.06. The molecule has 2 heterocycles. The van der Waals surface area contributed by atoms with Gasteiger partial charge in [-0.25, -0.2) is 0 Å². The molecule has 2 aromatic carbocycles. The van der Waals surface area contributed by atoms with E-state index < -0.39 is 60.6 Å². The second kappa shape index (κ2) is 10.0. The maximum atomic E-state index is 12.9. The molecule has 6 atom stereocenters. The maximum absolute atomic E-state index is 12.9. The highest BCUT2D eigenvalue weighted by molar-refractivity contribution is 6.00. The standard InChI is InChI=1S/C24H22O12/c25-12-4-1-10(2-5-12)14-8-34-15-7-11(3-6-13(15)18(14)26)17(22(30)31)23(32)35-9-16-19(27)20(28)21(29)24(33)36-16/h1-8,16-17,19-21,24-25,27-29,33H,9H2,(H,30,31)/t16-,17?,19-,20+,21-,24-/m1/s1. The number of esters is 1. The zero-order chi connectivity index (χ0) is 26.1. The fourth-order valence-corrected chi connectivity index (χ4v) is 3.86. The van der Waals surface area contributed by atoms with Gasteiger partial charge in [0.1, 0.15) is 48.6 Å². The van der Waals surface area contributed by atoms with Crippen LogP contribution < -0.4 is 5.43 Å². The van der Waals surface area contributed by atoms with E-state index in [9.17, 15) is 45.0 Å². The molecule has 1 aliphatic rings. The van der Waals surface area contributed by atoms with Gasteiger partial charge in [0.15, 0.2) is 17.6 Å². The molecule has 0 amide bonds. The first-order valence-corrected chi connectivity index (χ1v) is 10.7. The fraction of sp³-hybridized carbons (Fsp3) is 0.292. The lowest BCUT2D eigenvalue weighted by Gasteiger charge is -2.37. The molecule has 0 bridgehead atoms. The molecule has 12 nitrogen and oxygen atoms in total. The summed E-state index contributed by atoms with van der Waals surface area (Å²) in [6.07, 6.45) is -7.36. The molecule has 1 aromatic heterocycles. The number of hydrogen-bond donors (Lipinski definition) is 6. The average Bonchev–Trinajstić information content (AvgIpc) is 2.85. The molecular weight excluding hydrogens is 480 g/mol. The van der Waals surface area contributed by atoms with Crippen molar-refractivity contribution in [3.63, 3.8) is 0 Å². The van der Waals surface area contributed by atoms with Crippen molar-refractivity contribution < 1.29 is 54.1 Å². The minimum Gasteiger partial charge on any atom is -0.508 e. The van der Waals surface area contributed by atoms with Gasteiger partial charge in [-0.15, -0.1) is 0 Å². The smallest absolute Gasteiger partial charge is 0.324 e. The van der Waals surface area contributed by atoms with Gasteiger partial charge in [0.25, 0.3) is 0 Å². The molecule has 1 fully saturated rings. The van der Waals surface area contributed by atoms with Crippen LogP contribution >= 0.6 is 0 Å². The van der Waals surface area contributed by atoms with Gasteiger partial charge in [-0.05, 0) is 35.4 Å². The van der Waals surface area contributed by atoms with Gasteiger partial charge in [-0.1, -0.05) is 18.2 Å². The third-order valence-corrected chi connectivity index (χ3v) is 5.87. The van der Waals surface area contributed by atoms with E-state index in [4.69, 9.17) is 13.9 Å². The summed E-state index contributed by atoms with van der Waals surface area (Å²) < 4.78 is 15.4. The number of benzene rings is 2. The summed E-state index contributed by atoms with van der Waals surface area (Å²) >= 11 is 0. The second-order valence-electron chi connectivity index (χ2n) is 8.22. The van der Waals surface area contributed by atoms with Gasteiger partial charge >= 0.3 is 11.9 Å². The van der Waals surface area contributed by atoms with E-state index in [2.05, 4.69) is 0 Å². The van der Waals surface area contributed by atoms with Gasteiger partial charge in [0.05, 0.1) is 10.9 Å². The van der Waals surface area contributed by atoms with Crippen molar-refractivity contribution in [1.29, 1.82) is 0 Å². The molecule has 0 radical (unpaired) electrons. The summed E-state index contributed by atoms with van der Waals surface area (Å²) in [6.45, 7) is -0.719. The number of ether oxygens (including phenoxy) is 2. The minimum absolute atomic E-state index is 0.0188. The van der Waals surface area contributed by atoms with Crippen LogP contribution in [0.2, 0.25) is 0 Å². The third kappa shape index (κ3) is 4.80. The van der Waals surface area contributed by atoms with Crippen molar-refractivity contribution >= 4 is 22.9 Å². The predicted molar refractivity (Wildman–Crippen MR) is 120 cm³/mol. The number of aliphatic hydroxyl groups excluding tert-OH is 4. The highest BCUT2D eigenvalue weighted by Crippen LogP contribution is 2.26. The molecule has 0 saturated carbocycles. The predicted octanol–water partition coefficient (Wildman–Crippen LogP) is -0.323. The largest absolute Gasteiger partial charge is 0.508 e. The number of aromatic hydroxyl groups is 1. The van der Waals surface area contributed by atoms with Crippen LogP contribution in [0.1, 0.15) is 11.5 Å². The number of phenolic OH excluding ortho intramolecular Hbond substituents is 1. The molecule has 0 spiro atoms. The van der Waals surface area contributed by atoms with Crippen molar-refractivity contribution in [1.82, 2.24) is 0 Å². The van der Waals surface area contributed by atoms with Crippen molar-refractivity contribution in [3.05, 3.63) is 64.5 Å². The SMILES string of the molecule is O=C(O)C(C(=O)OC[C@H]1O[C@@H](O)[C@H](O)[C@@H](O)[C@@H]1O)c1ccc2c(=O)c(-c3ccc(O)cc3)coc2c1. The monoisotopic (exact) mass is 502 g/mol. The summed E-state index contributed by atoms with van der Waals surface area (Å²) in [4.78, 5) is 37.4. The number of aliphatic hydroxyl groups is 4. The zero-order valence-electron chi connectivity index (χ0n) is 18.4. The van der Waals surface area contributed by atoms with Gasteiger partial charge in [0, 0.05) is 0 Å². The molecule has 4 rings (SSSR count). The molecule has 1 aliphatic heterocycles. The zero-order valence-corrected chi connectivity index (χ0v) is 18.4. The van der Waals surface area contributed by atoms with Crippen LogP contribution in [0.4, 0.5) is 0 Å². The Labute approximate surface area is 202 Å². The number of carbonyl (C=O) groups is 2. The molecule has 12 heteroatoms. The average molecular weight is 502 g/mol. The van der Waals surface area contributed by atoms with E-state index in [0.717, 1.165) is 0 Å². The summed E-state index contributed by atoms with van der Waals surface area (Å²) in [5, 5.41) is 58.0. The molecule has 1 unspecified atom stereocenters. The first-order chi connectivity index (χ1) is 17.1. The molecule has 0 aliphatic carbocycles. The number of hydrogen-bond acceptors (Lipinski definition) is 11.